The van der Waals surface area contributed by atoms with Crippen molar-refractivity contribution in [3.63, 3.8) is 0 Å². The fourth-order valence-electron chi connectivity index (χ4n) is 2.77. The Labute approximate surface area is 127 Å². The first-order valence-electron chi connectivity index (χ1n) is 7.69. The molecule has 2 nitrogen and oxygen atoms in total. The van der Waals surface area contributed by atoms with Gasteiger partial charge >= 0.3 is 0 Å². The highest BCUT2D eigenvalue weighted by Crippen LogP contribution is 2.37. The Kier molecular flexibility index (Phi) is 5.94. The first kappa shape index (κ1) is 15.9. The van der Waals surface area contributed by atoms with Crippen LogP contribution < -0.4 is 0 Å². The van der Waals surface area contributed by atoms with Gasteiger partial charge in [-0.05, 0) is 45.5 Å². The van der Waals surface area contributed by atoms with E-state index in [9.17, 15) is 5.11 Å². The van der Waals surface area contributed by atoms with Crippen molar-refractivity contribution in [3.05, 3.63) is 29.8 Å². The van der Waals surface area contributed by atoms with Gasteiger partial charge < -0.3 is 10.0 Å². The topological polar surface area (TPSA) is 23.5 Å². The molecular formula is C17H27NOS. The molecule has 0 bridgehead atoms. The second kappa shape index (κ2) is 7.48. The van der Waals surface area contributed by atoms with Crippen LogP contribution >= 0.6 is 11.8 Å². The van der Waals surface area contributed by atoms with E-state index in [-0.39, 0.29) is 6.10 Å². The molecule has 3 atom stereocenters. The lowest BCUT2D eigenvalue weighted by atomic mass is 10.1. The molecule has 1 aliphatic carbocycles. The molecular weight excluding hydrogens is 266 g/mol. The molecule has 0 saturated heterocycles. The highest BCUT2D eigenvalue weighted by Gasteiger charge is 2.24. The van der Waals surface area contributed by atoms with E-state index in [4.69, 9.17) is 0 Å². The summed E-state index contributed by atoms with van der Waals surface area (Å²) in [4.78, 5) is 3.57. The molecule has 1 aromatic rings. The van der Waals surface area contributed by atoms with Crippen molar-refractivity contribution in [2.45, 2.75) is 61.3 Å². The van der Waals surface area contributed by atoms with Crippen molar-refractivity contribution in [1.29, 1.82) is 0 Å². The average molecular weight is 293 g/mol. The van der Waals surface area contributed by atoms with Crippen molar-refractivity contribution in [2.75, 3.05) is 14.1 Å². The third-order valence-corrected chi connectivity index (χ3v) is 5.82. The monoisotopic (exact) mass is 293 g/mol. The number of hydrogen-bond acceptors (Lipinski definition) is 3. The van der Waals surface area contributed by atoms with E-state index in [0.717, 1.165) is 12.8 Å². The van der Waals surface area contributed by atoms with Crippen LogP contribution in [0.4, 0.5) is 0 Å². The summed E-state index contributed by atoms with van der Waals surface area (Å²) in [6.45, 7) is 2.24. The summed E-state index contributed by atoms with van der Waals surface area (Å²) >= 11 is 1.88. The van der Waals surface area contributed by atoms with Crippen molar-refractivity contribution >= 4 is 11.8 Å². The number of nitrogens with zero attached hydrogens (tertiary/aromatic N) is 1. The maximum atomic E-state index is 10.3. The predicted molar refractivity (Wildman–Crippen MR) is 87.3 cm³/mol. The Bertz CT molecular complexity index is 421. The minimum absolute atomic E-state index is 0.148. The van der Waals surface area contributed by atoms with Crippen LogP contribution in [0.2, 0.25) is 0 Å². The van der Waals surface area contributed by atoms with Crippen LogP contribution in [-0.4, -0.2) is 35.5 Å². The number of benzene rings is 1. The van der Waals surface area contributed by atoms with Gasteiger partial charge in [-0.2, -0.15) is 0 Å². The number of aliphatic hydroxyl groups is 1. The van der Waals surface area contributed by atoms with Gasteiger partial charge in [-0.1, -0.05) is 37.5 Å². The molecule has 0 unspecified atom stereocenters. The number of thioether (sulfide) groups is 1. The summed E-state index contributed by atoms with van der Waals surface area (Å²) in [6.07, 6.45) is 5.64. The van der Waals surface area contributed by atoms with E-state index in [1.54, 1.807) is 0 Å². The summed E-state index contributed by atoms with van der Waals surface area (Å²) in [5.41, 5.74) is 1.37. The molecule has 2 rings (SSSR count). The summed E-state index contributed by atoms with van der Waals surface area (Å²) in [5, 5.41) is 10.7. The van der Waals surface area contributed by atoms with Gasteiger partial charge in [0.15, 0.2) is 0 Å². The standard InChI is InChI=1S/C17H27NOS/c1-13(18(2)3)14-9-7-8-11-16(14)20-17-12-6-4-5-10-15(17)19/h7-9,11,13,15,17,19H,4-6,10,12H2,1-3H3/t13-,15-,17-/m1/s1. The zero-order valence-corrected chi connectivity index (χ0v) is 13.7. The van der Waals surface area contributed by atoms with Crippen molar-refractivity contribution in [2.24, 2.45) is 0 Å². The summed E-state index contributed by atoms with van der Waals surface area (Å²) < 4.78 is 0. The third-order valence-electron chi connectivity index (χ3n) is 4.34. The molecule has 0 aliphatic heterocycles. The van der Waals surface area contributed by atoms with Crippen LogP contribution in [0.5, 0.6) is 0 Å². The minimum atomic E-state index is -0.148. The van der Waals surface area contributed by atoms with E-state index in [1.165, 1.54) is 29.7 Å². The fraction of sp³-hybridized carbons (Fsp3) is 0.647. The number of hydrogen-bond donors (Lipinski definition) is 1. The summed E-state index contributed by atoms with van der Waals surface area (Å²) in [7, 11) is 4.24. The molecule has 0 radical (unpaired) electrons. The molecule has 0 heterocycles. The second-order valence-corrected chi connectivity index (χ2v) is 7.32. The normalized spacial score (nSPS) is 25.4. The van der Waals surface area contributed by atoms with Crippen LogP contribution in [0.1, 0.15) is 50.6 Å². The molecule has 0 amide bonds. The van der Waals surface area contributed by atoms with Gasteiger partial charge in [-0.3, -0.25) is 0 Å². The van der Waals surface area contributed by atoms with Crippen molar-refractivity contribution in [3.8, 4) is 0 Å². The van der Waals surface area contributed by atoms with Gasteiger partial charge in [0.05, 0.1) is 6.10 Å². The lowest BCUT2D eigenvalue weighted by molar-refractivity contribution is 0.163. The Morgan fingerprint density at radius 2 is 1.85 bits per heavy atom. The van der Waals surface area contributed by atoms with Gasteiger partial charge in [0, 0.05) is 16.2 Å². The zero-order chi connectivity index (χ0) is 14.5. The van der Waals surface area contributed by atoms with Gasteiger partial charge in [0.25, 0.3) is 0 Å². The maximum Gasteiger partial charge on any atom is 0.0662 e. The molecule has 1 fully saturated rings. The Morgan fingerprint density at radius 1 is 1.15 bits per heavy atom. The molecule has 0 spiro atoms. The van der Waals surface area contributed by atoms with Crippen LogP contribution in [0, 0.1) is 0 Å². The van der Waals surface area contributed by atoms with Gasteiger partial charge in [-0.15, -0.1) is 11.8 Å². The first-order chi connectivity index (χ1) is 9.59. The minimum Gasteiger partial charge on any atom is -0.392 e. The van der Waals surface area contributed by atoms with E-state index in [0.29, 0.717) is 11.3 Å². The number of rotatable bonds is 4. The summed E-state index contributed by atoms with van der Waals surface area (Å²) in [5.74, 6) is 0. The molecule has 3 heteroatoms. The summed E-state index contributed by atoms with van der Waals surface area (Å²) in [6, 6.07) is 9.05. The van der Waals surface area contributed by atoms with E-state index in [2.05, 4.69) is 50.2 Å². The quantitative estimate of drug-likeness (QED) is 0.846. The largest absolute Gasteiger partial charge is 0.392 e. The average Bonchev–Trinajstić information content (AvgIpc) is 2.64. The molecule has 1 aliphatic rings. The van der Waals surface area contributed by atoms with Gasteiger partial charge in [0.2, 0.25) is 0 Å². The van der Waals surface area contributed by atoms with Crippen LogP contribution in [0.15, 0.2) is 29.2 Å². The van der Waals surface area contributed by atoms with Crippen LogP contribution in [0.3, 0.4) is 0 Å². The maximum absolute atomic E-state index is 10.3. The smallest absolute Gasteiger partial charge is 0.0662 e. The van der Waals surface area contributed by atoms with E-state index >= 15 is 0 Å². The molecule has 1 aromatic carbocycles. The predicted octanol–water partition coefficient (Wildman–Crippen LogP) is 4.09. The molecule has 1 N–H and O–H groups in total. The van der Waals surface area contributed by atoms with Gasteiger partial charge in [0.1, 0.15) is 0 Å². The Hall–Kier alpha value is -0.510. The molecule has 1 saturated carbocycles. The van der Waals surface area contributed by atoms with Crippen LogP contribution in [0.25, 0.3) is 0 Å². The Balaban J connectivity index is 2.15. The lowest BCUT2D eigenvalue weighted by Crippen LogP contribution is -2.22. The first-order valence-corrected chi connectivity index (χ1v) is 8.57. The second-order valence-electron chi connectivity index (χ2n) is 6.04. The lowest BCUT2D eigenvalue weighted by Gasteiger charge is -2.25. The van der Waals surface area contributed by atoms with Crippen molar-refractivity contribution < 1.29 is 5.11 Å². The van der Waals surface area contributed by atoms with E-state index in [1.807, 2.05) is 11.8 Å². The molecule has 0 aromatic heterocycles. The zero-order valence-electron chi connectivity index (χ0n) is 12.9. The Morgan fingerprint density at radius 3 is 2.60 bits per heavy atom. The fourth-order valence-corrected chi connectivity index (χ4v) is 4.20. The van der Waals surface area contributed by atoms with Gasteiger partial charge in [-0.25, -0.2) is 0 Å². The van der Waals surface area contributed by atoms with Crippen molar-refractivity contribution in [1.82, 2.24) is 4.90 Å². The third kappa shape index (κ3) is 4.00. The van der Waals surface area contributed by atoms with E-state index < -0.39 is 0 Å². The SMILES string of the molecule is C[C@H](c1ccccc1S[C@@H]1CCCCC[C@H]1O)N(C)C. The molecule has 20 heavy (non-hydrogen) atoms. The highest BCUT2D eigenvalue weighted by atomic mass is 32.2. The highest BCUT2D eigenvalue weighted by molar-refractivity contribution is 8.00. The molecule has 112 valence electrons. The number of aliphatic hydroxyl groups excluding tert-OH is 1. The van der Waals surface area contributed by atoms with Crippen LogP contribution in [-0.2, 0) is 0 Å².